The van der Waals surface area contributed by atoms with Crippen LogP contribution in [0.3, 0.4) is 0 Å². The second-order valence-electron chi connectivity index (χ2n) is 2.84. The number of furan rings is 1. The predicted molar refractivity (Wildman–Crippen MR) is 54.9 cm³/mol. The van der Waals surface area contributed by atoms with E-state index in [9.17, 15) is 4.79 Å². The number of carbonyl (C=O) groups excluding carboxylic acids is 1. The molecule has 0 aliphatic heterocycles. The van der Waals surface area contributed by atoms with E-state index in [1.54, 1.807) is 12.5 Å². The minimum absolute atomic E-state index is 0.175. The van der Waals surface area contributed by atoms with Crippen LogP contribution in [0, 0.1) is 0 Å². The van der Waals surface area contributed by atoms with E-state index in [0.29, 0.717) is 6.61 Å². The lowest BCUT2D eigenvalue weighted by Crippen LogP contribution is -1.99. The molecule has 14 heavy (non-hydrogen) atoms. The van der Waals surface area contributed by atoms with Crippen LogP contribution in [0.15, 0.2) is 29.1 Å². The number of hydrogen-bond acceptors (Lipinski definition) is 3. The summed E-state index contributed by atoms with van der Waals surface area (Å²) in [6.45, 7) is 4.14. The minimum atomic E-state index is -0.175. The number of carbonyl (C=O) groups is 1. The molecule has 0 aliphatic carbocycles. The van der Waals surface area contributed by atoms with E-state index in [2.05, 4.69) is 11.3 Å². The molecular formula is C11H18O3. The molecule has 80 valence electrons. The Labute approximate surface area is 85.1 Å². The molecule has 3 heteroatoms. The second-order valence-corrected chi connectivity index (χ2v) is 2.84. The summed E-state index contributed by atoms with van der Waals surface area (Å²) in [7, 11) is 0. The first-order valence-electron chi connectivity index (χ1n) is 4.88. The quantitative estimate of drug-likeness (QED) is 0.551. The molecular weight excluding hydrogens is 180 g/mol. The minimum Gasteiger partial charge on any atom is -0.473 e. The van der Waals surface area contributed by atoms with Crippen LogP contribution in [0.4, 0.5) is 0 Å². The summed E-state index contributed by atoms with van der Waals surface area (Å²) in [4.78, 5) is 10.2. The van der Waals surface area contributed by atoms with Crippen LogP contribution in [-0.2, 0) is 9.53 Å². The summed E-state index contributed by atoms with van der Waals surface area (Å²) in [5.74, 6) is -0.175. The first-order valence-corrected chi connectivity index (χ1v) is 4.88. The number of hydrogen-bond donors (Lipinski definition) is 0. The Hall–Kier alpha value is -1.25. The van der Waals surface area contributed by atoms with Crippen molar-refractivity contribution in [2.24, 2.45) is 0 Å². The van der Waals surface area contributed by atoms with Gasteiger partial charge in [-0.05, 0) is 18.6 Å². The molecule has 0 fully saturated rings. The van der Waals surface area contributed by atoms with Gasteiger partial charge in [0.25, 0.3) is 0 Å². The fourth-order valence-electron chi connectivity index (χ4n) is 0.795. The lowest BCUT2D eigenvalue weighted by atomic mass is 10.3. The molecule has 0 atom stereocenters. The smallest absolute Gasteiger partial charge is 0.302 e. The van der Waals surface area contributed by atoms with E-state index >= 15 is 0 Å². The van der Waals surface area contributed by atoms with Gasteiger partial charge in [-0.1, -0.05) is 19.8 Å². The van der Waals surface area contributed by atoms with Crippen molar-refractivity contribution in [3.05, 3.63) is 24.7 Å². The fourth-order valence-corrected chi connectivity index (χ4v) is 0.795. The molecule has 3 nitrogen and oxygen atoms in total. The molecule has 1 heterocycles. The van der Waals surface area contributed by atoms with Crippen molar-refractivity contribution < 1.29 is 13.9 Å². The van der Waals surface area contributed by atoms with Gasteiger partial charge in [-0.25, -0.2) is 0 Å². The third kappa shape index (κ3) is 10.8. The van der Waals surface area contributed by atoms with Crippen LogP contribution in [0.25, 0.3) is 0 Å². The van der Waals surface area contributed by atoms with Gasteiger partial charge in [-0.3, -0.25) is 4.79 Å². The van der Waals surface area contributed by atoms with E-state index in [0.717, 1.165) is 12.8 Å². The monoisotopic (exact) mass is 198 g/mol. The van der Waals surface area contributed by atoms with Gasteiger partial charge in [0.05, 0.1) is 19.1 Å². The van der Waals surface area contributed by atoms with E-state index in [1.807, 2.05) is 12.1 Å². The maximum Gasteiger partial charge on any atom is 0.302 e. The molecule has 0 N–H and O–H groups in total. The maximum atomic E-state index is 10.2. The van der Waals surface area contributed by atoms with Gasteiger partial charge < -0.3 is 9.15 Å². The molecule has 1 aromatic rings. The van der Waals surface area contributed by atoms with E-state index < -0.39 is 0 Å². The Morgan fingerprint density at radius 3 is 2.29 bits per heavy atom. The van der Waals surface area contributed by atoms with Gasteiger partial charge in [-0.15, -0.1) is 0 Å². The van der Waals surface area contributed by atoms with E-state index in [4.69, 9.17) is 4.74 Å². The standard InChI is InChI=1S/C7H14O2.C4H4O/c1-3-4-5-6-9-7(2)8;1-2-4-5-3-1/h3-6H2,1-2H3;1-4H. The average Bonchev–Trinajstić information content (AvgIpc) is 2.70. The summed E-state index contributed by atoms with van der Waals surface area (Å²) in [6, 6.07) is 3.67. The fraction of sp³-hybridized carbons (Fsp3) is 0.545. The SMILES string of the molecule is CCCCCOC(C)=O.c1ccoc1. The van der Waals surface area contributed by atoms with Crippen LogP contribution in [0.2, 0.25) is 0 Å². The molecule has 0 radical (unpaired) electrons. The number of unbranched alkanes of at least 4 members (excludes halogenated alkanes) is 2. The van der Waals surface area contributed by atoms with E-state index in [-0.39, 0.29) is 5.97 Å². The third-order valence-corrected chi connectivity index (χ3v) is 1.48. The first-order chi connectivity index (χ1) is 6.77. The van der Waals surface area contributed by atoms with Crippen molar-refractivity contribution in [1.82, 2.24) is 0 Å². The Bertz CT molecular complexity index is 187. The zero-order valence-corrected chi connectivity index (χ0v) is 8.86. The predicted octanol–water partition coefficient (Wildman–Crippen LogP) is 3.02. The highest BCUT2D eigenvalue weighted by atomic mass is 16.5. The summed E-state index contributed by atoms with van der Waals surface area (Å²) in [6.07, 6.45) is 6.56. The number of ether oxygens (including phenoxy) is 1. The molecule has 0 saturated carbocycles. The zero-order chi connectivity index (χ0) is 10.6. The normalized spacial score (nSPS) is 8.71. The first kappa shape index (κ1) is 12.8. The van der Waals surface area contributed by atoms with E-state index in [1.165, 1.54) is 13.3 Å². The second kappa shape index (κ2) is 9.84. The van der Waals surface area contributed by atoms with Crippen molar-refractivity contribution in [3.63, 3.8) is 0 Å². The maximum absolute atomic E-state index is 10.2. The van der Waals surface area contributed by atoms with Gasteiger partial charge >= 0.3 is 5.97 Å². The Morgan fingerprint density at radius 1 is 1.29 bits per heavy atom. The molecule has 0 spiro atoms. The van der Waals surface area contributed by atoms with Gasteiger partial charge in [0, 0.05) is 6.92 Å². The van der Waals surface area contributed by atoms with Crippen molar-refractivity contribution in [3.8, 4) is 0 Å². The lowest BCUT2D eigenvalue weighted by molar-refractivity contribution is -0.141. The van der Waals surface area contributed by atoms with Crippen molar-refractivity contribution in [2.45, 2.75) is 33.1 Å². The number of rotatable bonds is 4. The Kier molecular flexibility index (Phi) is 8.96. The highest BCUT2D eigenvalue weighted by Crippen LogP contribution is 1.93. The number of esters is 1. The highest BCUT2D eigenvalue weighted by molar-refractivity contribution is 5.65. The summed E-state index contributed by atoms with van der Waals surface area (Å²) in [5.41, 5.74) is 0. The average molecular weight is 198 g/mol. The molecule has 0 aromatic carbocycles. The Balaban J connectivity index is 0.000000280. The molecule has 0 saturated heterocycles. The van der Waals surface area contributed by atoms with Gasteiger partial charge in [0.15, 0.2) is 0 Å². The topological polar surface area (TPSA) is 39.4 Å². The summed E-state index contributed by atoms with van der Waals surface area (Å²) in [5, 5.41) is 0. The van der Waals surface area contributed by atoms with Crippen LogP contribution in [0.5, 0.6) is 0 Å². The van der Waals surface area contributed by atoms with Crippen LogP contribution in [0.1, 0.15) is 33.1 Å². The summed E-state index contributed by atoms with van der Waals surface area (Å²) >= 11 is 0. The molecule has 0 unspecified atom stereocenters. The highest BCUT2D eigenvalue weighted by Gasteiger charge is 1.89. The van der Waals surface area contributed by atoms with Crippen LogP contribution in [-0.4, -0.2) is 12.6 Å². The lowest BCUT2D eigenvalue weighted by Gasteiger charge is -1.98. The van der Waals surface area contributed by atoms with Crippen molar-refractivity contribution >= 4 is 5.97 Å². The third-order valence-electron chi connectivity index (χ3n) is 1.48. The molecule has 0 aliphatic rings. The van der Waals surface area contributed by atoms with Gasteiger partial charge in [0.2, 0.25) is 0 Å². The van der Waals surface area contributed by atoms with Crippen LogP contribution < -0.4 is 0 Å². The molecule has 1 rings (SSSR count). The van der Waals surface area contributed by atoms with Crippen molar-refractivity contribution in [1.29, 1.82) is 0 Å². The summed E-state index contributed by atoms with van der Waals surface area (Å²) < 4.78 is 9.29. The molecule has 0 bridgehead atoms. The largest absolute Gasteiger partial charge is 0.473 e. The Morgan fingerprint density at radius 2 is 1.93 bits per heavy atom. The van der Waals surface area contributed by atoms with Gasteiger partial charge in [-0.2, -0.15) is 0 Å². The van der Waals surface area contributed by atoms with Crippen molar-refractivity contribution in [2.75, 3.05) is 6.61 Å². The zero-order valence-electron chi connectivity index (χ0n) is 8.86. The molecule has 1 aromatic heterocycles. The van der Waals surface area contributed by atoms with Crippen LogP contribution >= 0.6 is 0 Å². The van der Waals surface area contributed by atoms with Gasteiger partial charge in [0.1, 0.15) is 0 Å². The molecule has 0 amide bonds.